The van der Waals surface area contributed by atoms with E-state index in [9.17, 15) is 0 Å². The molecular weight excluding hydrogens is 326 g/mol. The lowest BCUT2D eigenvalue weighted by Crippen LogP contribution is -2.49. The highest BCUT2D eigenvalue weighted by atomic mass is 79.9. The third-order valence-corrected chi connectivity index (χ3v) is 4.95. The van der Waals surface area contributed by atoms with Gasteiger partial charge in [-0.15, -0.1) is 0 Å². The van der Waals surface area contributed by atoms with Crippen molar-refractivity contribution < 1.29 is 0 Å². The molecule has 2 rings (SSSR count). The predicted molar refractivity (Wildman–Crippen MR) is 95.0 cm³/mol. The number of halogens is 1. The van der Waals surface area contributed by atoms with E-state index in [1.54, 1.807) is 0 Å². The zero-order valence-corrected chi connectivity index (χ0v) is 15.1. The molecule has 2 atom stereocenters. The standard InChI is InChI=1S/C17H28BrN3/c1-4-14(3)20-7-9-21(10-8-20)17-6-5-16(18)12-15(17)11-13(2)19/h5-6,12-14H,4,7-11,19H2,1-3H3. The fourth-order valence-electron chi connectivity index (χ4n) is 3.03. The van der Waals surface area contributed by atoms with Crippen LogP contribution in [-0.4, -0.2) is 43.2 Å². The van der Waals surface area contributed by atoms with Gasteiger partial charge in [0.2, 0.25) is 0 Å². The van der Waals surface area contributed by atoms with Crippen molar-refractivity contribution in [3.05, 3.63) is 28.2 Å². The lowest BCUT2D eigenvalue weighted by atomic mass is 10.0. The van der Waals surface area contributed by atoms with Crippen molar-refractivity contribution in [3.63, 3.8) is 0 Å². The Hall–Kier alpha value is -0.580. The van der Waals surface area contributed by atoms with E-state index in [2.05, 4.69) is 64.7 Å². The first-order chi connectivity index (χ1) is 10.0. The molecule has 0 saturated carbocycles. The Labute approximate surface area is 137 Å². The molecule has 4 heteroatoms. The molecule has 1 aliphatic rings. The molecule has 0 bridgehead atoms. The molecule has 118 valence electrons. The minimum atomic E-state index is 0.194. The van der Waals surface area contributed by atoms with Crippen LogP contribution >= 0.6 is 15.9 Å². The molecular formula is C17H28BrN3. The number of piperazine rings is 1. The highest BCUT2D eigenvalue weighted by Gasteiger charge is 2.21. The maximum absolute atomic E-state index is 6.01. The van der Waals surface area contributed by atoms with E-state index in [0.717, 1.165) is 37.1 Å². The Morgan fingerprint density at radius 2 is 1.86 bits per heavy atom. The van der Waals surface area contributed by atoms with Gasteiger partial charge in [0.15, 0.2) is 0 Å². The molecule has 0 spiro atoms. The van der Waals surface area contributed by atoms with Crippen LogP contribution in [0.25, 0.3) is 0 Å². The number of hydrogen-bond acceptors (Lipinski definition) is 3. The van der Waals surface area contributed by atoms with Gasteiger partial charge in [-0.1, -0.05) is 22.9 Å². The summed E-state index contributed by atoms with van der Waals surface area (Å²) in [5, 5.41) is 0. The van der Waals surface area contributed by atoms with Crippen molar-refractivity contribution in [2.24, 2.45) is 5.73 Å². The van der Waals surface area contributed by atoms with Crippen LogP contribution in [0.2, 0.25) is 0 Å². The maximum atomic E-state index is 6.01. The van der Waals surface area contributed by atoms with Crippen LogP contribution in [0.15, 0.2) is 22.7 Å². The van der Waals surface area contributed by atoms with Gasteiger partial charge in [0.1, 0.15) is 0 Å². The lowest BCUT2D eigenvalue weighted by molar-refractivity contribution is 0.192. The van der Waals surface area contributed by atoms with Gasteiger partial charge in [-0.05, 0) is 50.5 Å². The summed E-state index contributed by atoms with van der Waals surface area (Å²) in [6.45, 7) is 11.2. The molecule has 0 aromatic heterocycles. The van der Waals surface area contributed by atoms with Crippen molar-refractivity contribution in [2.45, 2.75) is 45.7 Å². The highest BCUT2D eigenvalue weighted by molar-refractivity contribution is 9.10. The number of nitrogens with zero attached hydrogens (tertiary/aromatic N) is 2. The summed E-state index contributed by atoms with van der Waals surface area (Å²) in [6, 6.07) is 7.49. The van der Waals surface area contributed by atoms with Crippen LogP contribution < -0.4 is 10.6 Å². The van der Waals surface area contributed by atoms with E-state index in [0.29, 0.717) is 6.04 Å². The van der Waals surface area contributed by atoms with Gasteiger partial charge in [-0.2, -0.15) is 0 Å². The van der Waals surface area contributed by atoms with Crippen molar-refractivity contribution in [2.75, 3.05) is 31.1 Å². The zero-order valence-electron chi connectivity index (χ0n) is 13.5. The van der Waals surface area contributed by atoms with Gasteiger partial charge in [0.25, 0.3) is 0 Å². The summed E-state index contributed by atoms with van der Waals surface area (Å²) in [5.74, 6) is 0. The third kappa shape index (κ3) is 4.44. The van der Waals surface area contributed by atoms with Crippen molar-refractivity contribution in [1.29, 1.82) is 0 Å². The highest BCUT2D eigenvalue weighted by Crippen LogP contribution is 2.27. The Balaban J connectivity index is 2.09. The smallest absolute Gasteiger partial charge is 0.0401 e. The van der Waals surface area contributed by atoms with Gasteiger partial charge in [0, 0.05) is 48.4 Å². The Bertz CT molecular complexity index is 453. The van der Waals surface area contributed by atoms with Gasteiger partial charge in [-0.3, -0.25) is 4.90 Å². The largest absolute Gasteiger partial charge is 0.369 e. The average molecular weight is 354 g/mol. The van der Waals surface area contributed by atoms with E-state index in [1.165, 1.54) is 17.7 Å². The quantitative estimate of drug-likeness (QED) is 0.881. The second-order valence-electron chi connectivity index (χ2n) is 6.23. The van der Waals surface area contributed by atoms with Crippen LogP contribution in [0.1, 0.15) is 32.8 Å². The van der Waals surface area contributed by atoms with E-state index in [-0.39, 0.29) is 6.04 Å². The molecule has 1 aromatic rings. The molecule has 3 nitrogen and oxygen atoms in total. The number of nitrogens with two attached hydrogens (primary N) is 1. The molecule has 0 amide bonds. The van der Waals surface area contributed by atoms with Crippen LogP contribution in [0.3, 0.4) is 0 Å². The van der Waals surface area contributed by atoms with E-state index >= 15 is 0 Å². The topological polar surface area (TPSA) is 32.5 Å². The number of anilines is 1. The molecule has 2 N–H and O–H groups in total. The van der Waals surface area contributed by atoms with Crippen molar-refractivity contribution in [3.8, 4) is 0 Å². The summed E-state index contributed by atoms with van der Waals surface area (Å²) in [7, 11) is 0. The second kappa shape index (κ2) is 7.61. The SMILES string of the molecule is CCC(C)N1CCN(c2ccc(Br)cc2CC(C)N)CC1. The first-order valence-electron chi connectivity index (χ1n) is 8.04. The summed E-state index contributed by atoms with van der Waals surface area (Å²) < 4.78 is 1.14. The van der Waals surface area contributed by atoms with Crippen molar-refractivity contribution in [1.82, 2.24) is 4.90 Å². The first kappa shape index (κ1) is 16.8. The molecule has 1 saturated heterocycles. The van der Waals surface area contributed by atoms with Gasteiger partial charge < -0.3 is 10.6 Å². The second-order valence-corrected chi connectivity index (χ2v) is 7.15. The monoisotopic (exact) mass is 353 g/mol. The molecule has 21 heavy (non-hydrogen) atoms. The third-order valence-electron chi connectivity index (χ3n) is 4.45. The summed E-state index contributed by atoms with van der Waals surface area (Å²) in [4.78, 5) is 5.11. The molecule has 1 fully saturated rings. The molecule has 1 heterocycles. The van der Waals surface area contributed by atoms with E-state index < -0.39 is 0 Å². The summed E-state index contributed by atoms with van der Waals surface area (Å²) >= 11 is 3.58. The van der Waals surface area contributed by atoms with Crippen LogP contribution in [0, 0.1) is 0 Å². The lowest BCUT2D eigenvalue weighted by Gasteiger charge is -2.39. The molecule has 2 unspecified atom stereocenters. The zero-order chi connectivity index (χ0) is 15.4. The molecule has 1 aromatic carbocycles. The number of rotatable bonds is 5. The minimum Gasteiger partial charge on any atom is -0.369 e. The van der Waals surface area contributed by atoms with E-state index in [1.807, 2.05) is 0 Å². The van der Waals surface area contributed by atoms with Crippen LogP contribution in [-0.2, 0) is 6.42 Å². The average Bonchev–Trinajstić information content (AvgIpc) is 2.46. The molecule has 0 aliphatic carbocycles. The maximum Gasteiger partial charge on any atom is 0.0401 e. The van der Waals surface area contributed by atoms with E-state index in [4.69, 9.17) is 5.73 Å². The van der Waals surface area contributed by atoms with Crippen molar-refractivity contribution >= 4 is 21.6 Å². The number of benzene rings is 1. The van der Waals surface area contributed by atoms with Crippen LogP contribution in [0.4, 0.5) is 5.69 Å². The summed E-state index contributed by atoms with van der Waals surface area (Å²) in [5.41, 5.74) is 8.73. The molecule has 0 radical (unpaired) electrons. The number of hydrogen-bond donors (Lipinski definition) is 1. The molecule has 1 aliphatic heterocycles. The summed E-state index contributed by atoms with van der Waals surface area (Å²) in [6.07, 6.45) is 2.16. The van der Waals surface area contributed by atoms with Gasteiger partial charge >= 0.3 is 0 Å². The van der Waals surface area contributed by atoms with Gasteiger partial charge in [0.05, 0.1) is 0 Å². The first-order valence-corrected chi connectivity index (χ1v) is 8.83. The Morgan fingerprint density at radius 3 is 2.43 bits per heavy atom. The fourth-order valence-corrected chi connectivity index (χ4v) is 3.44. The minimum absolute atomic E-state index is 0.194. The Kier molecular flexibility index (Phi) is 6.08. The predicted octanol–water partition coefficient (Wildman–Crippen LogP) is 3.26. The normalized spacial score (nSPS) is 19.6. The fraction of sp³-hybridized carbons (Fsp3) is 0.647. The Morgan fingerprint density at radius 1 is 1.19 bits per heavy atom. The van der Waals surface area contributed by atoms with Gasteiger partial charge in [-0.25, -0.2) is 0 Å². The van der Waals surface area contributed by atoms with Crippen LogP contribution in [0.5, 0.6) is 0 Å².